The van der Waals surface area contributed by atoms with E-state index in [1.807, 2.05) is 61.7 Å². The van der Waals surface area contributed by atoms with E-state index >= 15 is 0 Å². The Morgan fingerprint density at radius 1 is 1.22 bits per heavy atom. The van der Waals surface area contributed by atoms with E-state index < -0.39 is 0 Å². The van der Waals surface area contributed by atoms with Gasteiger partial charge in [0, 0.05) is 34.7 Å². The van der Waals surface area contributed by atoms with E-state index in [2.05, 4.69) is 10.3 Å². The molecule has 0 aliphatic rings. The molecular weight excluding hydrogens is 310 g/mol. The van der Waals surface area contributed by atoms with Crippen LogP contribution >= 0.6 is 11.6 Å². The third-order valence-electron chi connectivity index (χ3n) is 3.39. The van der Waals surface area contributed by atoms with Crippen LogP contribution in [0.3, 0.4) is 0 Å². The number of nitrogens with zero attached hydrogens (tertiary/aromatic N) is 2. The lowest BCUT2D eigenvalue weighted by Crippen LogP contribution is -2.40. The fraction of sp³-hybridized carbons (Fsp3) is 0.222. The van der Waals surface area contributed by atoms with Gasteiger partial charge in [-0.25, -0.2) is 4.98 Å². The molecule has 0 saturated heterocycles. The molecule has 4 nitrogen and oxygen atoms in total. The summed E-state index contributed by atoms with van der Waals surface area (Å²) in [6.07, 6.45) is 5.35. The van der Waals surface area contributed by atoms with Gasteiger partial charge in [0.05, 0.1) is 5.56 Å². The van der Waals surface area contributed by atoms with Gasteiger partial charge in [-0.05, 0) is 44.5 Å². The molecule has 0 aliphatic heterocycles. The Bertz CT molecular complexity index is 860. The van der Waals surface area contributed by atoms with Gasteiger partial charge in [0.2, 0.25) is 0 Å². The second-order valence-electron chi connectivity index (χ2n) is 6.51. The largest absolute Gasteiger partial charge is 0.347 e. The summed E-state index contributed by atoms with van der Waals surface area (Å²) < 4.78 is 1.86. The first-order valence-corrected chi connectivity index (χ1v) is 7.76. The van der Waals surface area contributed by atoms with Crippen molar-refractivity contribution in [3.05, 3.63) is 59.5 Å². The summed E-state index contributed by atoms with van der Waals surface area (Å²) in [5.74, 6) is -0.108. The van der Waals surface area contributed by atoms with Crippen LogP contribution in [-0.4, -0.2) is 20.8 Å². The van der Waals surface area contributed by atoms with Crippen molar-refractivity contribution in [2.45, 2.75) is 26.3 Å². The van der Waals surface area contributed by atoms with Crippen molar-refractivity contribution >= 4 is 23.2 Å². The Kier molecular flexibility index (Phi) is 3.86. The van der Waals surface area contributed by atoms with E-state index in [1.54, 1.807) is 12.4 Å². The number of nitrogens with one attached hydrogen (secondary N) is 1. The maximum atomic E-state index is 12.5. The van der Waals surface area contributed by atoms with E-state index in [0.29, 0.717) is 10.6 Å². The Morgan fingerprint density at radius 2 is 1.91 bits per heavy atom. The summed E-state index contributed by atoms with van der Waals surface area (Å²) in [5.41, 5.74) is 2.97. The quantitative estimate of drug-likeness (QED) is 0.767. The molecule has 1 N–H and O–H groups in total. The molecule has 3 rings (SSSR count). The van der Waals surface area contributed by atoms with Gasteiger partial charge in [0.15, 0.2) is 0 Å². The second-order valence-corrected chi connectivity index (χ2v) is 6.95. The van der Waals surface area contributed by atoms with Gasteiger partial charge in [-0.3, -0.25) is 4.79 Å². The zero-order chi connectivity index (χ0) is 16.6. The smallest absolute Gasteiger partial charge is 0.253 e. The molecule has 0 unspecified atom stereocenters. The summed E-state index contributed by atoms with van der Waals surface area (Å²) in [6.45, 7) is 5.88. The number of imidazole rings is 1. The predicted molar refractivity (Wildman–Crippen MR) is 92.9 cm³/mol. The Hall–Kier alpha value is -2.33. The molecule has 2 aromatic heterocycles. The van der Waals surface area contributed by atoms with Gasteiger partial charge in [0.25, 0.3) is 5.91 Å². The van der Waals surface area contributed by atoms with Crippen molar-refractivity contribution in [2.75, 3.05) is 0 Å². The average Bonchev–Trinajstić information content (AvgIpc) is 2.93. The lowest BCUT2D eigenvalue weighted by molar-refractivity contribution is 0.0919. The maximum Gasteiger partial charge on any atom is 0.253 e. The highest BCUT2D eigenvalue weighted by atomic mass is 35.5. The number of fused-ring (bicyclic) bond motifs is 1. The molecule has 0 atom stereocenters. The van der Waals surface area contributed by atoms with Crippen LogP contribution in [0, 0.1) is 0 Å². The number of benzene rings is 1. The standard InChI is InChI=1S/C18H18ClN3O/c1-18(2,3)21-17(23)13-10-15(12-4-6-14(19)7-5-12)16-20-8-9-22(16)11-13/h4-11H,1-3H3,(H,21,23). The lowest BCUT2D eigenvalue weighted by Gasteiger charge is -2.20. The Balaban J connectivity index is 2.12. The summed E-state index contributed by atoms with van der Waals surface area (Å²) in [5, 5.41) is 3.66. The van der Waals surface area contributed by atoms with Crippen LogP contribution < -0.4 is 5.32 Å². The van der Waals surface area contributed by atoms with Crippen LogP contribution in [0.25, 0.3) is 16.8 Å². The molecule has 118 valence electrons. The Morgan fingerprint density at radius 3 is 2.57 bits per heavy atom. The highest BCUT2D eigenvalue weighted by molar-refractivity contribution is 6.30. The monoisotopic (exact) mass is 327 g/mol. The second kappa shape index (κ2) is 5.70. The molecule has 0 fully saturated rings. The SMILES string of the molecule is CC(C)(C)NC(=O)c1cc(-c2ccc(Cl)cc2)c2nccn2c1. The fourth-order valence-corrected chi connectivity index (χ4v) is 2.54. The zero-order valence-corrected chi connectivity index (χ0v) is 14.1. The minimum absolute atomic E-state index is 0.108. The molecule has 0 radical (unpaired) electrons. The lowest BCUT2D eigenvalue weighted by atomic mass is 10.0. The highest BCUT2D eigenvalue weighted by Crippen LogP contribution is 2.26. The predicted octanol–water partition coefficient (Wildman–Crippen LogP) is 4.18. The number of hydrogen-bond acceptors (Lipinski definition) is 2. The van der Waals surface area contributed by atoms with E-state index in [9.17, 15) is 4.79 Å². The van der Waals surface area contributed by atoms with Crippen LogP contribution in [0.5, 0.6) is 0 Å². The number of carbonyl (C=O) groups is 1. The molecule has 0 bridgehead atoms. The zero-order valence-electron chi connectivity index (χ0n) is 13.3. The van der Waals surface area contributed by atoms with Crippen LogP contribution in [0.1, 0.15) is 31.1 Å². The third-order valence-corrected chi connectivity index (χ3v) is 3.65. The van der Waals surface area contributed by atoms with Crippen LogP contribution in [0.15, 0.2) is 48.9 Å². The van der Waals surface area contributed by atoms with Crippen molar-refractivity contribution in [1.82, 2.24) is 14.7 Å². The molecule has 0 saturated carbocycles. The average molecular weight is 328 g/mol. The van der Waals surface area contributed by atoms with Crippen molar-refractivity contribution in [3.8, 4) is 11.1 Å². The first-order chi connectivity index (χ1) is 10.8. The molecule has 3 aromatic rings. The topological polar surface area (TPSA) is 46.4 Å². The minimum atomic E-state index is -0.290. The van der Waals surface area contributed by atoms with Crippen molar-refractivity contribution in [2.24, 2.45) is 0 Å². The Labute approximate surface area is 140 Å². The summed E-state index contributed by atoms with van der Waals surface area (Å²) >= 11 is 5.97. The molecular formula is C18H18ClN3O. The first-order valence-electron chi connectivity index (χ1n) is 7.39. The van der Waals surface area contributed by atoms with Gasteiger partial charge in [-0.1, -0.05) is 23.7 Å². The summed E-state index contributed by atoms with van der Waals surface area (Å²) in [7, 11) is 0. The van der Waals surface area contributed by atoms with Crippen molar-refractivity contribution < 1.29 is 4.79 Å². The van der Waals surface area contributed by atoms with Gasteiger partial charge in [-0.2, -0.15) is 0 Å². The molecule has 5 heteroatoms. The number of halogens is 1. The van der Waals surface area contributed by atoms with Gasteiger partial charge < -0.3 is 9.72 Å². The van der Waals surface area contributed by atoms with Crippen LogP contribution in [0.2, 0.25) is 5.02 Å². The number of rotatable bonds is 2. The van der Waals surface area contributed by atoms with E-state index in [4.69, 9.17) is 11.6 Å². The molecule has 1 aromatic carbocycles. The summed E-state index contributed by atoms with van der Waals surface area (Å²) in [4.78, 5) is 16.9. The molecule has 23 heavy (non-hydrogen) atoms. The van der Waals surface area contributed by atoms with E-state index in [1.165, 1.54) is 0 Å². The number of amides is 1. The maximum absolute atomic E-state index is 12.5. The van der Waals surface area contributed by atoms with Crippen molar-refractivity contribution in [3.63, 3.8) is 0 Å². The number of pyridine rings is 1. The fourth-order valence-electron chi connectivity index (χ4n) is 2.41. The molecule has 0 aliphatic carbocycles. The van der Waals surface area contributed by atoms with Crippen molar-refractivity contribution in [1.29, 1.82) is 0 Å². The first kappa shape index (κ1) is 15.6. The number of aromatic nitrogens is 2. The van der Waals surface area contributed by atoms with Crippen LogP contribution in [0.4, 0.5) is 0 Å². The third kappa shape index (κ3) is 3.37. The van der Waals surface area contributed by atoms with Gasteiger partial charge >= 0.3 is 0 Å². The minimum Gasteiger partial charge on any atom is -0.347 e. The molecule has 1 amide bonds. The van der Waals surface area contributed by atoms with Gasteiger partial charge in [-0.15, -0.1) is 0 Å². The molecule has 0 spiro atoms. The van der Waals surface area contributed by atoms with E-state index in [0.717, 1.165) is 16.8 Å². The number of hydrogen-bond donors (Lipinski definition) is 1. The highest BCUT2D eigenvalue weighted by Gasteiger charge is 2.17. The van der Waals surface area contributed by atoms with Crippen LogP contribution in [-0.2, 0) is 0 Å². The van der Waals surface area contributed by atoms with Gasteiger partial charge in [0.1, 0.15) is 5.65 Å². The summed E-state index contributed by atoms with van der Waals surface area (Å²) in [6, 6.07) is 9.39. The van der Waals surface area contributed by atoms with E-state index in [-0.39, 0.29) is 11.4 Å². The normalized spacial score (nSPS) is 11.7. The molecule has 2 heterocycles. The number of carbonyl (C=O) groups excluding carboxylic acids is 1.